The highest BCUT2D eigenvalue weighted by Crippen LogP contribution is 2.16. The maximum Gasteiger partial charge on any atom is 0.119 e. The van der Waals surface area contributed by atoms with Crippen molar-refractivity contribution in [3.05, 3.63) is 29.3 Å². The van der Waals surface area contributed by atoms with Crippen molar-refractivity contribution in [2.75, 3.05) is 32.8 Å². The van der Waals surface area contributed by atoms with Crippen molar-refractivity contribution in [2.24, 2.45) is 0 Å². The lowest BCUT2D eigenvalue weighted by Crippen LogP contribution is -2.40. The number of nitrogens with one attached hydrogen (secondary N) is 1. The second-order valence-electron chi connectivity index (χ2n) is 4.98. The standard InChI is InChI=1S/C15H23ClN2O/c1-2-9-18(14-7-8-17-12-14)10-11-19-15-5-3-13(16)4-6-15/h3-6,14,17H,2,7-12H2,1H3. The van der Waals surface area contributed by atoms with Gasteiger partial charge in [0, 0.05) is 24.2 Å². The van der Waals surface area contributed by atoms with E-state index in [9.17, 15) is 0 Å². The Labute approximate surface area is 120 Å². The Hall–Kier alpha value is -0.770. The van der Waals surface area contributed by atoms with Crippen LogP contribution in [0.5, 0.6) is 5.75 Å². The third-order valence-corrected chi connectivity index (χ3v) is 3.77. The van der Waals surface area contributed by atoms with Crippen LogP contribution in [0.2, 0.25) is 5.02 Å². The Morgan fingerprint density at radius 1 is 1.32 bits per heavy atom. The van der Waals surface area contributed by atoms with Crippen LogP contribution in [-0.2, 0) is 0 Å². The molecule has 106 valence electrons. The van der Waals surface area contributed by atoms with Crippen molar-refractivity contribution in [3.63, 3.8) is 0 Å². The van der Waals surface area contributed by atoms with Gasteiger partial charge in [-0.25, -0.2) is 0 Å². The first-order valence-corrected chi connectivity index (χ1v) is 7.50. The van der Waals surface area contributed by atoms with Gasteiger partial charge in [0.1, 0.15) is 12.4 Å². The second kappa shape index (κ2) is 7.73. The van der Waals surface area contributed by atoms with E-state index in [1.807, 2.05) is 24.3 Å². The lowest BCUT2D eigenvalue weighted by atomic mass is 10.2. The molecule has 3 nitrogen and oxygen atoms in total. The molecule has 1 aliphatic heterocycles. The van der Waals surface area contributed by atoms with Gasteiger partial charge in [0.2, 0.25) is 0 Å². The largest absolute Gasteiger partial charge is 0.492 e. The van der Waals surface area contributed by atoms with Crippen molar-refractivity contribution in [3.8, 4) is 5.75 Å². The first kappa shape index (κ1) is 14.6. The molecule has 0 radical (unpaired) electrons. The fourth-order valence-corrected chi connectivity index (χ4v) is 2.65. The summed E-state index contributed by atoms with van der Waals surface area (Å²) < 4.78 is 5.78. The molecule has 1 atom stereocenters. The van der Waals surface area contributed by atoms with E-state index in [2.05, 4.69) is 17.1 Å². The summed E-state index contributed by atoms with van der Waals surface area (Å²) in [5, 5.41) is 4.18. The van der Waals surface area contributed by atoms with Crippen LogP contribution in [0.15, 0.2) is 24.3 Å². The summed E-state index contributed by atoms with van der Waals surface area (Å²) in [5.41, 5.74) is 0. The zero-order chi connectivity index (χ0) is 13.5. The number of benzene rings is 1. The number of ether oxygens (including phenoxy) is 1. The molecule has 0 aliphatic carbocycles. The third-order valence-electron chi connectivity index (χ3n) is 3.52. The number of hydrogen-bond acceptors (Lipinski definition) is 3. The van der Waals surface area contributed by atoms with Gasteiger partial charge < -0.3 is 10.1 Å². The zero-order valence-electron chi connectivity index (χ0n) is 11.6. The molecular weight excluding hydrogens is 260 g/mol. The number of halogens is 1. The monoisotopic (exact) mass is 282 g/mol. The van der Waals surface area contributed by atoms with Crippen molar-refractivity contribution >= 4 is 11.6 Å². The first-order valence-electron chi connectivity index (χ1n) is 7.12. The topological polar surface area (TPSA) is 24.5 Å². The van der Waals surface area contributed by atoms with Gasteiger partial charge in [-0.3, -0.25) is 4.90 Å². The molecule has 1 unspecified atom stereocenters. The van der Waals surface area contributed by atoms with Crippen LogP contribution in [0.3, 0.4) is 0 Å². The molecule has 0 amide bonds. The fraction of sp³-hybridized carbons (Fsp3) is 0.600. The van der Waals surface area contributed by atoms with E-state index in [0.29, 0.717) is 6.04 Å². The Kier molecular flexibility index (Phi) is 5.95. The molecule has 0 bridgehead atoms. The minimum Gasteiger partial charge on any atom is -0.492 e. The lowest BCUT2D eigenvalue weighted by Gasteiger charge is -2.27. The highest BCUT2D eigenvalue weighted by Gasteiger charge is 2.21. The average molecular weight is 283 g/mol. The number of hydrogen-bond donors (Lipinski definition) is 1. The highest BCUT2D eigenvalue weighted by atomic mass is 35.5. The van der Waals surface area contributed by atoms with Gasteiger partial charge in [-0.2, -0.15) is 0 Å². The number of rotatable bonds is 7. The lowest BCUT2D eigenvalue weighted by molar-refractivity contribution is 0.167. The summed E-state index contributed by atoms with van der Waals surface area (Å²) >= 11 is 5.85. The third kappa shape index (κ3) is 4.68. The molecule has 1 aliphatic rings. The van der Waals surface area contributed by atoms with Gasteiger partial charge in [-0.15, -0.1) is 0 Å². The summed E-state index contributed by atoms with van der Waals surface area (Å²) in [6.45, 7) is 7.36. The predicted octanol–water partition coefficient (Wildman–Crippen LogP) is 2.79. The molecule has 19 heavy (non-hydrogen) atoms. The van der Waals surface area contributed by atoms with Crippen LogP contribution in [0, 0.1) is 0 Å². The smallest absolute Gasteiger partial charge is 0.119 e. The van der Waals surface area contributed by atoms with E-state index in [-0.39, 0.29) is 0 Å². The SMILES string of the molecule is CCCN(CCOc1ccc(Cl)cc1)C1CCNC1. The molecule has 2 rings (SSSR count). The van der Waals surface area contributed by atoms with Crippen molar-refractivity contribution in [1.29, 1.82) is 0 Å². The molecule has 1 heterocycles. The molecule has 1 N–H and O–H groups in total. The van der Waals surface area contributed by atoms with Crippen LogP contribution >= 0.6 is 11.6 Å². The Morgan fingerprint density at radius 3 is 2.74 bits per heavy atom. The minimum absolute atomic E-state index is 0.675. The van der Waals surface area contributed by atoms with Crippen LogP contribution in [0.25, 0.3) is 0 Å². The van der Waals surface area contributed by atoms with Gasteiger partial charge in [0.05, 0.1) is 0 Å². The van der Waals surface area contributed by atoms with E-state index < -0.39 is 0 Å². The molecule has 1 aromatic rings. The van der Waals surface area contributed by atoms with Gasteiger partial charge in [-0.05, 0) is 50.2 Å². The van der Waals surface area contributed by atoms with E-state index in [1.54, 1.807) is 0 Å². The molecular formula is C15H23ClN2O. The normalized spacial score (nSPS) is 19.0. The molecule has 0 saturated carbocycles. The molecule has 1 fully saturated rings. The Balaban J connectivity index is 1.76. The van der Waals surface area contributed by atoms with Gasteiger partial charge >= 0.3 is 0 Å². The van der Waals surface area contributed by atoms with E-state index >= 15 is 0 Å². The van der Waals surface area contributed by atoms with Gasteiger partial charge in [-0.1, -0.05) is 18.5 Å². The quantitative estimate of drug-likeness (QED) is 0.832. The molecule has 0 aromatic heterocycles. The molecule has 4 heteroatoms. The highest BCUT2D eigenvalue weighted by molar-refractivity contribution is 6.30. The summed E-state index contributed by atoms with van der Waals surface area (Å²) in [4.78, 5) is 2.54. The van der Waals surface area contributed by atoms with Crippen LogP contribution in [0.4, 0.5) is 0 Å². The van der Waals surface area contributed by atoms with Crippen LogP contribution in [-0.4, -0.2) is 43.7 Å². The number of nitrogens with zero attached hydrogens (tertiary/aromatic N) is 1. The van der Waals surface area contributed by atoms with Crippen LogP contribution in [0.1, 0.15) is 19.8 Å². The van der Waals surface area contributed by atoms with Crippen molar-refractivity contribution in [2.45, 2.75) is 25.8 Å². The van der Waals surface area contributed by atoms with Crippen LogP contribution < -0.4 is 10.1 Å². The van der Waals surface area contributed by atoms with Gasteiger partial charge in [0.25, 0.3) is 0 Å². The summed E-state index contributed by atoms with van der Waals surface area (Å²) in [6.07, 6.45) is 2.44. The van der Waals surface area contributed by atoms with E-state index in [1.165, 1.54) is 12.8 Å². The summed E-state index contributed by atoms with van der Waals surface area (Å²) in [5.74, 6) is 0.894. The molecule has 0 spiro atoms. The average Bonchev–Trinajstić information content (AvgIpc) is 2.94. The van der Waals surface area contributed by atoms with Crippen molar-refractivity contribution in [1.82, 2.24) is 10.2 Å². The maximum absolute atomic E-state index is 5.85. The fourth-order valence-electron chi connectivity index (χ4n) is 2.53. The van der Waals surface area contributed by atoms with Crippen molar-refractivity contribution < 1.29 is 4.74 Å². The summed E-state index contributed by atoms with van der Waals surface area (Å²) in [6, 6.07) is 8.24. The van der Waals surface area contributed by atoms with E-state index in [0.717, 1.165) is 43.6 Å². The Morgan fingerprint density at radius 2 is 2.11 bits per heavy atom. The Bertz CT molecular complexity index is 363. The van der Waals surface area contributed by atoms with Gasteiger partial charge in [0.15, 0.2) is 0 Å². The second-order valence-corrected chi connectivity index (χ2v) is 5.42. The predicted molar refractivity (Wildman–Crippen MR) is 80.1 cm³/mol. The summed E-state index contributed by atoms with van der Waals surface area (Å²) in [7, 11) is 0. The molecule has 1 saturated heterocycles. The van der Waals surface area contributed by atoms with E-state index in [4.69, 9.17) is 16.3 Å². The minimum atomic E-state index is 0.675. The zero-order valence-corrected chi connectivity index (χ0v) is 12.3. The molecule has 1 aromatic carbocycles. The maximum atomic E-state index is 5.85. The first-order chi connectivity index (χ1) is 9.29.